The fourth-order valence-corrected chi connectivity index (χ4v) is 3.16. The van der Waals surface area contributed by atoms with Crippen molar-refractivity contribution < 1.29 is 0 Å². The van der Waals surface area contributed by atoms with Crippen LogP contribution in [0.2, 0.25) is 0 Å². The lowest BCUT2D eigenvalue weighted by atomic mass is 10.2. The summed E-state index contributed by atoms with van der Waals surface area (Å²) in [5.74, 6) is 0.972. The highest BCUT2D eigenvalue weighted by Gasteiger charge is 2.34. The maximum absolute atomic E-state index is 4.49. The summed E-state index contributed by atoms with van der Waals surface area (Å²) in [7, 11) is 0. The Morgan fingerprint density at radius 3 is 3.00 bits per heavy atom. The summed E-state index contributed by atoms with van der Waals surface area (Å²) in [4.78, 5) is 11.2. The van der Waals surface area contributed by atoms with Gasteiger partial charge in [-0.1, -0.05) is 6.07 Å². The minimum Gasteiger partial charge on any atom is -0.308 e. The predicted molar refractivity (Wildman–Crippen MR) is 81.2 cm³/mol. The molecule has 3 heterocycles. The first-order valence-corrected chi connectivity index (χ1v) is 7.80. The van der Waals surface area contributed by atoms with Gasteiger partial charge in [0.15, 0.2) is 0 Å². The first-order valence-electron chi connectivity index (χ1n) is 7.80. The van der Waals surface area contributed by atoms with Crippen molar-refractivity contribution in [2.24, 2.45) is 0 Å². The lowest BCUT2D eigenvalue weighted by molar-refractivity contribution is 0.317. The van der Waals surface area contributed by atoms with Crippen molar-refractivity contribution in [2.45, 2.75) is 37.9 Å². The lowest BCUT2D eigenvalue weighted by Gasteiger charge is -2.16. The summed E-state index contributed by atoms with van der Waals surface area (Å²) in [6.45, 7) is 3.32. The average Bonchev–Trinajstić information content (AvgIpc) is 3.04. The van der Waals surface area contributed by atoms with E-state index in [9.17, 15) is 0 Å². The van der Waals surface area contributed by atoms with E-state index in [1.165, 1.54) is 37.9 Å². The van der Waals surface area contributed by atoms with Gasteiger partial charge >= 0.3 is 0 Å². The van der Waals surface area contributed by atoms with Gasteiger partial charge in [0.25, 0.3) is 0 Å². The zero-order valence-electron chi connectivity index (χ0n) is 12.2. The van der Waals surface area contributed by atoms with Crippen LogP contribution in [0.3, 0.4) is 0 Å². The Bertz CT molecular complexity index is 590. The molecule has 21 heavy (non-hydrogen) atoms. The van der Waals surface area contributed by atoms with Crippen molar-refractivity contribution in [1.82, 2.24) is 24.8 Å². The Kier molecular flexibility index (Phi) is 3.45. The van der Waals surface area contributed by atoms with Crippen LogP contribution in [-0.4, -0.2) is 44.6 Å². The van der Waals surface area contributed by atoms with E-state index >= 15 is 0 Å². The quantitative estimate of drug-likeness (QED) is 0.905. The first kappa shape index (κ1) is 13.0. The lowest BCUT2D eigenvalue weighted by Crippen LogP contribution is -2.33. The summed E-state index contributed by atoms with van der Waals surface area (Å²) in [5, 5.41) is 3.70. The molecule has 5 nitrogen and oxygen atoms in total. The van der Waals surface area contributed by atoms with Crippen molar-refractivity contribution in [1.29, 1.82) is 0 Å². The second-order valence-electron chi connectivity index (χ2n) is 6.05. The molecule has 110 valence electrons. The average molecular weight is 283 g/mol. The molecule has 1 saturated carbocycles. The van der Waals surface area contributed by atoms with Gasteiger partial charge < -0.3 is 5.32 Å². The van der Waals surface area contributed by atoms with E-state index < -0.39 is 0 Å². The van der Waals surface area contributed by atoms with Crippen molar-refractivity contribution >= 4 is 0 Å². The van der Waals surface area contributed by atoms with Gasteiger partial charge in [0.1, 0.15) is 12.1 Å². The van der Waals surface area contributed by atoms with Crippen LogP contribution in [0.5, 0.6) is 0 Å². The van der Waals surface area contributed by atoms with Gasteiger partial charge in [0.05, 0.1) is 0 Å². The molecule has 2 aromatic heterocycles. The SMILES string of the molecule is c1cnc(-n2ccnc2)c(CNC2CCN(C3CC3)C2)c1. The molecule has 0 amide bonds. The van der Waals surface area contributed by atoms with Crippen LogP contribution in [0, 0.1) is 0 Å². The molecule has 2 aliphatic rings. The zero-order valence-corrected chi connectivity index (χ0v) is 12.2. The van der Waals surface area contributed by atoms with Crippen LogP contribution in [-0.2, 0) is 6.54 Å². The number of imidazole rings is 1. The molecule has 1 unspecified atom stereocenters. The van der Waals surface area contributed by atoms with Gasteiger partial charge in [-0.25, -0.2) is 9.97 Å². The van der Waals surface area contributed by atoms with E-state index in [1.54, 1.807) is 12.5 Å². The summed E-state index contributed by atoms with van der Waals surface area (Å²) < 4.78 is 1.97. The maximum atomic E-state index is 4.49. The van der Waals surface area contributed by atoms with E-state index in [0.29, 0.717) is 6.04 Å². The molecule has 0 bridgehead atoms. The molecule has 1 atom stereocenters. The Morgan fingerprint density at radius 2 is 2.19 bits per heavy atom. The molecule has 1 N–H and O–H groups in total. The molecule has 2 aromatic rings. The number of nitrogens with zero attached hydrogens (tertiary/aromatic N) is 4. The highest BCUT2D eigenvalue weighted by Crippen LogP contribution is 2.29. The third-order valence-electron chi connectivity index (χ3n) is 4.48. The maximum Gasteiger partial charge on any atom is 0.142 e. The van der Waals surface area contributed by atoms with E-state index in [4.69, 9.17) is 0 Å². The monoisotopic (exact) mass is 283 g/mol. The third-order valence-corrected chi connectivity index (χ3v) is 4.48. The summed E-state index contributed by atoms with van der Waals surface area (Å²) in [5.41, 5.74) is 1.22. The number of hydrogen-bond acceptors (Lipinski definition) is 4. The van der Waals surface area contributed by atoms with E-state index in [1.807, 2.05) is 23.0 Å². The number of hydrogen-bond donors (Lipinski definition) is 1. The standard InChI is InChI=1S/C16H21N5/c1-2-13(16(18-6-1)21-9-7-17-12-21)10-19-14-5-8-20(11-14)15-3-4-15/h1-2,6-7,9,12,14-15,19H,3-5,8,10-11H2. The number of nitrogens with one attached hydrogen (secondary N) is 1. The number of rotatable bonds is 5. The van der Waals surface area contributed by atoms with Crippen LogP contribution >= 0.6 is 0 Å². The van der Waals surface area contributed by atoms with Gasteiger partial charge in [-0.05, 0) is 25.3 Å². The minimum absolute atomic E-state index is 0.612. The third kappa shape index (κ3) is 2.84. The molecule has 0 aromatic carbocycles. The Labute approximate surface area is 125 Å². The van der Waals surface area contributed by atoms with Crippen molar-refractivity contribution in [3.8, 4) is 5.82 Å². The number of aromatic nitrogens is 3. The predicted octanol–water partition coefficient (Wildman–Crippen LogP) is 1.59. The highest BCUT2D eigenvalue weighted by molar-refractivity contribution is 5.33. The topological polar surface area (TPSA) is 46.0 Å². The van der Waals surface area contributed by atoms with Crippen LogP contribution in [0.25, 0.3) is 5.82 Å². The summed E-state index contributed by atoms with van der Waals surface area (Å²) >= 11 is 0. The zero-order chi connectivity index (χ0) is 14.1. The Hall–Kier alpha value is -1.72. The number of pyridine rings is 1. The molecule has 5 heteroatoms. The molecule has 2 fully saturated rings. The molecule has 0 radical (unpaired) electrons. The van der Waals surface area contributed by atoms with Gasteiger partial charge in [0.2, 0.25) is 0 Å². The van der Waals surface area contributed by atoms with E-state index in [2.05, 4.69) is 26.3 Å². The molecule has 1 aliphatic heterocycles. The Balaban J connectivity index is 1.41. The molecular formula is C16H21N5. The minimum atomic E-state index is 0.612. The molecular weight excluding hydrogens is 262 g/mol. The summed E-state index contributed by atoms with van der Waals surface area (Å²) in [6, 6.07) is 5.64. The smallest absolute Gasteiger partial charge is 0.142 e. The normalized spacial score (nSPS) is 22.8. The fraction of sp³-hybridized carbons (Fsp3) is 0.500. The van der Waals surface area contributed by atoms with Gasteiger partial charge in [-0.2, -0.15) is 0 Å². The van der Waals surface area contributed by atoms with Crippen LogP contribution < -0.4 is 5.32 Å². The Morgan fingerprint density at radius 1 is 1.24 bits per heavy atom. The van der Waals surface area contributed by atoms with Gasteiger partial charge in [-0.15, -0.1) is 0 Å². The number of likely N-dealkylation sites (tertiary alicyclic amines) is 1. The fourth-order valence-electron chi connectivity index (χ4n) is 3.16. The molecule has 1 saturated heterocycles. The highest BCUT2D eigenvalue weighted by atomic mass is 15.2. The van der Waals surface area contributed by atoms with E-state index in [0.717, 1.165) is 18.4 Å². The van der Waals surface area contributed by atoms with Crippen molar-refractivity contribution in [3.63, 3.8) is 0 Å². The van der Waals surface area contributed by atoms with Gasteiger partial charge in [0, 0.05) is 55.9 Å². The van der Waals surface area contributed by atoms with Crippen LogP contribution in [0.1, 0.15) is 24.8 Å². The largest absolute Gasteiger partial charge is 0.308 e. The molecule has 4 rings (SSSR count). The van der Waals surface area contributed by atoms with Crippen molar-refractivity contribution in [2.75, 3.05) is 13.1 Å². The van der Waals surface area contributed by atoms with Crippen LogP contribution in [0.15, 0.2) is 37.1 Å². The second-order valence-corrected chi connectivity index (χ2v) is 6.05. The van der Waals surface area contributed by atoms with Crippen LogP contribution in [0.4, 0.5) is 0 Å². The molecule has 1 aliphatic carbocycles. The first-order chi connectivity index (χ1) is 10.4. The van der Waals surface area contributed by atoms with Gasteiger partial charge in [-0.3, -0.25) is 9.47 Å². The molecule has 0 spiro atoms. The van der Waals surface area contributed by atoms with Crippen molar-refractivity contribution in [3.05, 3.63) is 42.6 Å². The summed E-state index contributed by atoms with van der Waals surface area (Å²) in [6.07, 6.45) is 11.4. The van der Waals surface area contributed by atoms with E-state index in [-0.39, 0.29) is 0 Å². The second kappa shape index (κ2) is 5.58.